The van der Waals surface area contributed by atoms with Crippen LogP contribution in [-0.2, 0) is 16.1 Å². The van der Waals surface area contributed by atoms with E-state index in [4.69, 9.17) is 24.5 Å². The zero-order valence-corrected chi connectivity index (χ0v) is 26.7. The lowest BCUT2D eigenvalue weighted by Gasteiger charge is -2.26. The highest BCUT2D eigenvalue weighted by atomic mass is 32.1. The van der Waals surface area contributed by atoms with Gasteiger partial charge in [0.15, 0.2) is 4.80 Å². The number of nitriles is 1. The smallest absolute Gasteiger partial charge is 0.338 e. The Balaban J connectivity index is 1.49. The number of thiazole rings is 1. The van der Waals surface area contributed by atoms with Gasteiger partial charge in [0.2, 0.25) is 0 Å². The highest BCUT2D eigenvalue weighted by Crippen LogP contribution is 2.35. The first-order valence-corrected chi connectivity index (χ1v) is 16.0. The maximum atomic E-state index is 14.3. The Morgan fingerprint density at radius 1 is 0.915 bits per heavy atom. The Hall–Kier alpha value is -5.72. The molecule has 0 fully saturated rings. The van der Waals surface area contributed by atoms with Crippen LogP contribution in [0, 0.1) is 11.3 Å². The summed E-state index contributed by atoms with van der Waals surface area (Å²) in [6.45, 7) is 4.64. The summed E-state index contributed by atoms with van der Waals surface area (Å²) in [6.07, 6.45) is 1.80. The molecule has 6 rings (SSSR count). The molecule has 0 spiro atoms. The minimum absolute atomic E-state index is 0.171. The molecule has 0 radical (unpaired) electrons. The molecule has 0 unspecified atom stereocenters. The van der Waals surface area contributed by atoms with Crippen molar-refractivity contribution < 1.29 is 19.0 Å². The van der Waals surface area contributed by atoms with Gasteiger partial charge in [-0.25, -0.2) is 9.79 Å². The maximum absolute atomic E-state index is 14.3. The number of fused-ring (bicyclic) bond motifs is 1. The first kappa shape index (κ1) is 31.3. The molecule has 5 aromatic rings. The second kappa shape index (κ2) is 14.1. The lowest BCUT2D eigenvalue weighted by molar-refractivity contribution is -0.138. The summed E-state index contributed by atoms with van der Waals surface area (Å²) in [7, 11) is 0. The lowest BCUT2D eigenvalue weighted by atomic mass is 9.93. The van der Waals surface area contributed by atoms with Gasteiger partial charge in [0.25, 0.3) is 5.56 Å². The van der Waals surface area contributed by atoms with Gasteiger partial charge in [0.05, 0.1) is 46.7 Å². The third kappa shape index (κ3) is 6.64. The van der Waals surface area contributed by atoms with E-state index >= 15 is 0 Å². The first-order chi connectivity index (χ1) is 23.0. The minimum Gasteiger partial charge on any atom is -0.494 e. The van der Waals surface area contributed by atoms with Gasteiger partial charge in [-0.05, 0) is 61.4 Å². The lowest BCUT2D eigenvalue weighted by Crippen LogP contribution is -2.40. The van der Waals surface area contributed by atoms with Crippen LogP contribution in [0.2, 0.25) is 0 Å². The molecule has 4 aromatic carbocycles. The van der Waals surface area contributed by atoms with Crippen LogP contribution in [0.15, 0.2) is 118 Å². The molecule has 0 aliphatic carbocycles. The summed E-state index contributed by atoms with van der Waals surface area (Å²) in [5.41, 5.74) is 4.13. The van der Waals surface area contributed by atoms with Crippen molar-refractivity contribution in [1.82, 2.24) is 4.57 Å². The van der Waals surface area contributed by atoms with Crippen molar-refractivity contribution in [2.45, 2.75) is 26.5 Å². The molecule has 0 amide bonds. The third-order valence-corrected chi connectivity index (χ3v) is 8.55. The van der Waals surface area contributed by atoms with E-state index in [-0.39, 0.29) is 17.7 Å². The molecule has 0 saturated heterocycles. The van der Waals surface area contributed by atoms with E-state index in [9.17, 15) is 9.59 Å². The van der Waals surface area contributed by atoms with Crippen LogP contribution in [-0.4, -0.2) is 23.8 Å². The van der Waals surface area contributed by atoms with Crippen LogP contribution in [0.4, 0.5) is 0 Å². The van der Waals surface area contributed by atoms with E-state index < -0.39 is 12.0 Å². The normalized spacial score (nSPS) is 14.1. The van der Waals surface area contributed by atoms with Gasteiger partial charge < -0.3 is 14.2 Å². The summed E-state index contributed by atoms with van der Waals surface area (Å²) in [5.74, 6) is 0.749. The van der Waals surface area contributed by atoms with E-state index in [0.29, 0.717) is 45.3 Å². The van der Waals surface area contributed by atoms with Crippen LogP contribution in [0.1, 0.15) is 47.7 Å². The minimum atomic E-state index is -0.791. The highest BCUT2D eigenvalue weighted by molar-refractivity contribution is 7.07. The predicted octanol–water partition coefficient (Wildman–Crippen LogP) is 5.78. The van der Waals surface area contributed by atoms with Crippen molar-refractivity contribution in [3.63, 3.8) is 0 Å². The van der Waals surface area contributed by atoms with Crippen molar-refractivity contribution in [3.8, 4) is 17.6 Å². The van der Waals surface area contributed by atoms with Crippen LogP contribution in [0.5, 0.6) is 11.5 Å². The number of hydrogen-bond donors (Lipinski definition) is 0. The van der Waals surface area contributed by atoms with Gasteiger partial charge in [-0.2, -0.15) is 5.26 Å². The van der Waals surface area contributed by atoms with Gasteiger partial charge in [-0.15, -0.1) is 0 Å². The second-order valence-electron chi connectivity index (χ2n) is 10.6. The molecule has 8 nitrogen and oxygen atoms in total. The molecule has 0 N–H and O–H groups in total. The molecule has 1 aliphatic heterocycles. The molecule has 9 heteroatoms. The van der Waals surface area contributed by atoms with Crippen molar-refractivity contribution in [1.29, 1.82) is 5.26 Å². The number of ether oxygens (including phenoxy) is 3. The Kier molecular flexibility index (Phi) is 9.41. The zero-order chi connectivity index (χ0) is 32.8. The van der Waals surface area contributed by atoms with E-state index in [1.807, 2.05) is 97.9 Å². The summed E-state index contributed by atoms with van der Waals surface area (Å²) in [6, 6.07) is 32.9. The fourth-order valence-corrected chi connectivity index (χ4v) is 6.37. The standard InChI is InChI=1S/C38H31N3O5S/c1-3-44-30-20-18-28(19-21-30)35-33(37(43)45-4-2)34(27-10-6-5-7-11-27)40-38-41(35)36(42)32(47-38)22-29-12-8-9-13-31(29)46-24-26-16-14-25(23-39)15-17-26/h5-22,35H,3-4,24H2,1-2H3/b32-22-/t35-/m1/s1. The fourth-order valence-electron chi connectivity index (χ4n) is 5.38. The number of carbonyl (C=O) groups is 1. The molecule has 1 aliphatic rings. The molecule has 47 heavy (non-hydrogen) atoms. The summed E-state index contributed by atoms with van der Waals surface area (Å²) < 4.78 is 19.4. The van der Waals surface area contributed by atoms with E-state index in [0.717, 1.165) is 22.3 Å². The first-order valence-electron chi connectivity index (χ1n) is 15.2. The number of carbonyl (C=O) groups excluding carboxylic acids is 1. The number of esters is 1. The van der Waals surface area contributed by atoms with Crippen LogP contribution >= 0.6 is 11.3 Å². The average molecular weight is 642 g/mol. The monoisotopic (exact) mass is 641 g/mol. The topological polar surface area (TPSA) is 103 Å². The average Bonchev–Trinajstić information content (AvgIpc) is 3.42. The summed E-state index contributed by atoms with van der Waals surface area (Å²) >= 11 is 1.25. The molecule has 0 bridgehead atoms. The molecule has 1 atom stereocenters. The van der Waals surface area contributed by atoms with Gasteiger partial charge >= 0.3 is 5.97 Å². The molecular formula is C38H31N3O5S. The van der Waals surface area contributed by atoms with Gasteiger partial charge in [-0.1, -0.05) is 84.1 Å². The fraction of sp³-hybridized carbons (Fsp3) is 0.158. The van der Waals surface area contributed by atoms with E-state index in [1.165, 1.54) is 11.3 Å². The van der Waals surface area contributed by atoms with Gasteiger partial charge in [0, 0.05) is 11.1 Å². The quantitative estimate of drug-likeness (QED) is 0.179. The summed E-state index contributed by atoms with van der Waals surface area (Å²) in [4.78, 5) is 33.4. The number of rotatable bonds is 10. The largest absolute Gasteiger partial charge is 0.494 e. The Morgan fingerprint density at radius 3 is 2.34 bits per heavy atom. The number of nitrogens with zero attached hydrogens (tertiary/aromatic N) is 3. The highest BCUT2D eigenvalue weighted by Gasteiger charge is 2.35. The zero-order valence-electron chi connectivity index (χ0n) is 25.9. The summed E-state index contributed by atoms with van der Waals surface area (Å²) in [5, 5.41) is 9.10. The Bertz CT molecular complexity index is 2160. The number of benzene rings is 4. The number of hydrogen-bond acceptors (Lipinski definition) is 8. The molecular weight excluding hydrogens is 611 g/mol. The van der Waals surface area contributed by atoms with Crippen molar-refractivity contribution in [3.05, 3.63) is 156 Å². The Morgan fingerprint density at radius 2 is 1.64 bits per heavy atom. The molecule has 234 valence electrons. The number of aromatic nitrogens is 1. The maximum Gasteiger partial charge on any atom is 0.338 e. The van der Waals surface area contributed by atoms with E-state index in [2.05, 4.69) is 6.07 Å². The van der Waals surface area contributed by atoms with Crippen molar-refractivity contribution in [2.24, 2.45) is 4.99 Å². The molecule has 1 aromatic heterocycles. The second-order valence-corrected chi connectivity index (χ2v) is 11.6. The van der Waals surface area contributed by atoms with Crippen LogP contribution < -0.4 is 24.4 Å². The molecule has 0 saturated carbocycles. The SMILES string of the molecule is CCOC(=O)C1=C(c2ccccc2)N=c2s/c(=C\c3ccccc3OCc3ccc(C#N)cc3)c(=O)n2[C@@H]1c1ccc(OCC)cc1. The van der Waals surface area contributed by atoms with Gasteiger partial charge in [0.1, 0.15) is 18.1 Å². The third-order valence-electron chi connectivity index (χ3n) is 7.56. The molecule has 2 heterocycles. The van der Waals surface area contributed by atoms with Crippen molar-refractivity contribution in [2.75, 3.05) is 13.2 Å². The van der Waals surface area contributed by atoms with Crippen LogP contribution in [0.3, 0.4) is 0 Å². The van der Waals surface area contributed by atoms with Crippen LogP contribution in [0.25, 0.3) is 11.8 Å². The van der Waals surface area contributed by atoms with Gasteiger partial charge in [-0.3, -0.25) is 9.36 Å². The Labute approximate surface area is 275 Å². The van der Waals surface area contributed by atoms with Crippen molar-refractivity contribution >= 4 is 29.1 Å². The van der Waals surface area contributed by atoms with E-state index in [1.54, 1.807) is 29.7 Å². The number of para-hydroxylation sites is 1. The predicted molar refractivity (Wildman–Crippen MR) is 181 cm³/mol.